The molecule has 2 aromatic rings. The van der Waals surface area contributed by atoms with Gasteiger partial charge in [-0.2, -0.15) is 12.7 Å². The number of hydrogen-bond donors (Lipinski definition) is 0. The highest BCUT2D eigenvalue weighted by Gasteiger charge is 2.47. The predicted octanol–water partition coefficient (Wildman–Crippen LogP) is 0.900. The zero-order chi connectivity index (χ0) is 19.6. The van der Waals surface area contributed by atoms with E-state index in [4.69, 9.17) is 0 Å². The zero-order valence-corrected chi connectivity index (χ0v) is 15.8. The Morgan fingerprint density at radius 1 is 1.11 bits per heavy atom. The Morgan fingerprint density at radius 2 is 1.81 bits per heavy atom. The monoisotopic (exact) mass is 392 g/mol. The van der Waals surface area contributed by atoms with E-state index < -0.39 is 16.2 Å². The quantitative estimate of drug-likeness (QED) is 0.648. The van der Waals surface area contributed by atoms with Crippen molar-refractivity contribution >= 4 is 22.0 Å². The predicted molar refractivity (Wildman–Crippen MR) is 95.4 cm³/mol. The first kappa shape index (κ1) is 19.0. The van der Waals surface area contributed by atoms with Crippen molar-refractivity contribution in [2.24, 2.45) is 0 Å². The second-order valence-corrected chi connectivity index (χ2v) is 7.61. The van der Waals surface area contributed by atoms with Crippen molar-refractivity contribution in [2.75, 3.05) is 13.1 Å². The van der Waals surface area contributed by atoms with Crippen molar-refractivity contribution in [1.82, 2.24) is 28.7 Å². The molecule has 11 heteroatoms. The number of aromatic nitrogens is 3. The van der Waals surface area contributed by atoms with Gasteiger partial charge in [0.15, 0.2) is 5.78 Å². The molecular formula is C16H20N6O4S. The van der Waals surface area contributed by atoms with Gasteiger partial charge < -0.3 is 0 Å². The molecule has 0 bridgehead atoms. The van der Waals surface area contributed by atoms with Gasteiger partial charge in [-0.25, -0.2) is 14.5 Å². The van der Waals surface area contributed by atoms with Gasteiger partial charge in [-0.15, -0.1) is 5.10 Å². The molecule has 1 aliphatic rings. The van der Waals surface area contributed by atoms with Gasteiger partial charge in [0.25, 0.3) is 0 Å². The van der Waals surface area contributed by atoms with E-state index >= 15 is 0 Å². The number of amides is 2. The van der Waals surface area contributed by atoms with Crippen LogP contribution in [0.15, 0.2) is 36.5 Å². The Hall–Kier alpha value is -2.79. The standard InChI is InChI=1S/C16H20N6O4S/c1-3-20-16(24)21(27(25,26)22(20)4-2)11-14-10-19(18-17-14)12-15(23)13-8-6-5-7-9-13/h5-10H,3-4,11-12H2,1-2H3. The molecule has 2 amide bonds. The molecule has 3 rings (SSSR count). The Labute approximate surface area is 157 Å². The van der Waals surface area contributed by atoms with E-state index in [1.807, 2.05) is 6.07 Å². The van der Waals surface area contributed by atoms with Crippen LogP contribution >= 0.6 is 0 Å². The van der Waals surface area contributed by atoms with Crippen LogP contribution < -0.4 is 0 Å². The van der Waals surface area contributed by atoms with Crippen LogP contribution in [0.1, 0.15) is 29.9 Å². The van der Waals surface area contributed by atoms with Crippen LogP contribution in [0.2, 0.25) is 0 Å². The SMILES string of the molecule is CCN1C(=O)N(Cc2cn(CC(=O)c3ccccc3)nn2)S(=O)(=O)N1CC. The number of nitrogens with zero attached hydrogens (tertiary/aromatic N) is 6. The van der Waals surface area contributed by atoms with Gasteiger partial charge in [0.1, 0.15) is 12.2 Å². The first-order valence-electron chi connectivity index (χ1n) is 8.47. The summed E-state index contributed by atoms with van der Waals surface area (Å²) in [5, 5.41) is 8.92. The van der Waals surface area contributed by atoms with Crippen molar-refractivity contribution < 1.29 is 18.0 Å². The second kappa shape index (κ2) is 7.45. The fraction of sp³-hybridized carbons (Fsp3) is 0.375. The third-order valence-electron chi connectivity index (χ3n) is 4.11. The van der Waals surface area contributed by atoms with Crippen molar-refractivity contribution in [3.63, 3.8) is 0 Å². The zero-order valence-electron chi connectivity index (χ0n) is 15.0. The topological polar surface area (TPSA) is 109 Å². The molecule has 0 aliphatic carbocycles. The number of ketones is 1. The molecule has 1 fully saturated rings. The molecule has 0 atom stereocenters. The van der Waals surface area contributed by atoms with Crippen molar-refractivity contribution in [3.8, 4) is 0 Å². The summed E-state index contributed by atoms with van der Waals surface area (Å²) in [6.45, 7) is 3.47. The molecule has 1 aromatic carbocycles. The molecule has 1 saturated heterocycles. The average Bonchev–Trinajstić information content (AvgIpc) is 3.17. The largest absolute Gasteiger partial charge is 0.350 e. The molecule has 1 aromatic heterocycles. The first-order chi connectivity index (χ1) is 12.9. The lowest BCUT2D eigenvalue weighted by atomic mass is 10.1. The lowest BCUT2D eigenvalue weighted by molar-refractivity contribution is 0.0966. The summed E-state index contributed by atoms with van der Waals surface area (Å²) >= 11 is 0. The number of benzene rings is 1. The van der Waals surface area contributed by atoms with Gasteiger partial charge in [0.05, 0.1) is 12.7 Å². The highest BCUT2D eigenvalue weighted by molar-refractivity contribution is 7.87. The van der Waals surface area contributed by atoms with E-state index in [-0.39, 0.29) is 37.7 Å². The van der Waals surface area contributed by atoms with Crippen LogP contribution in [0.25, 0.3) is 0 Å². The minimum absolute atomic E-state index is 0.0279. The van der Waals surface area contributed by atoms with Gasteiger partial charge in [-0.3, -0.25) is 4.79 Å². The lowest BCUT2D eigenvalue weighted by Crippen LogP contribution is -2.39. The van der Waals surface area contributed by atoms with Crippen LogP contribution in [0.4, 0.5) is 4.79 Å². The minimum atomic E-state index is -3.94. The van der Waals surface area contributed by atoms with E-state index in [0.29, 0.717) is 5.56 Å². The van der Waals surface area contributed by atoms with Gasteiger partial charge in [-0.1, -0.05) is 40.0 Å². The first-order valence-corrected chi connectivity index (χ1v) is 9.87. The summed E-state index contributed by atoms with van der Waals surface area (Å²) in [6.07, 6.45) is 1.47. The molecule has 0 N–H and O–H groups in total. The fourth-order valence-corrected chi connectivity index (χ4v) is 4.41. The summed E-state index contributed by atoms with van der Waals surface area (Å²) in [7, 11) is -3.94. The number of hydrazine groups is 1. The van der Waals surface area contributed by atoms with Crippen LogP contribution in [0.3, 0.4) is 0 Å². The highest BCUT2D eigenvalue weighted by atomic mass is 32.2. The van der Waals surface area contributed by atoms with Gasteiger partial charge in [0.2, 0.25) is 0 Å². The average molecular weight is 392 g/mol. The molecular weight excluding hydrogens is 372 g/mol. The maximum absolute atomic E-state index is 12.6. The number of urea groups is 1. The summed E-state index contributed by atoms with van der Waals surface area (Å²) in [4.78, 5) is 24.6. The molecule has 0 unspecified atom stereocenters. The molecule has 27 heavy (non-hydrogen) atoms. The highest BCUT2D eigenvalue weighted by Crippen LogP contribution is 2.24. The van der Waals surface area contributed by atoms with E-state index in [9.17, 15) is 18.0 Å². The van der Waals surface area contributed by atoms with Crippen molar-refractivity contribution in [3.05, 3.63) is 47.8 Å². The van der Waals surface area contributed by atoms with Crippen molar-refractivity contribution in [1.29, 1.82) is 0 Å². The Bertz CT molecular complexity index is 943. The third-order valence-corrected chi connectivity index (χ3v) is 5.94. The van der Waals surface area contributed by atoms with Crippen LogP contribution in [-0.2, 0) is 23.3 Å². The molecule has 10 nitrogen and oxygen atoms in total. The van der Waals surface area contributed by atoms with E-state index in [1.165, 1.54) is 15.9 Å². The molecule has 1 aliphatic heterocycles. The van der Waals surface area contributed by atoms with Crippen LogP contribution in [0, 0.1) is 0 Å². The van der Waals surface area contributed by atoms with Gasteiger partial charge in [0, 0.05) is 18.7 Å². The second-order valence-electron chi connectivity index (χ2n) is 5.85. The number of carbonyl (C=O) groups is 2. The fourth-order valence-electron chi connectivity index (χ4n) is 2.84. The van der Waals surface area contributed by atoms with E-state index in [1.54, 1.807) is 38.1 Å². The smallest absolute Gasteiger partial charge is 0.292 e. The number of Topliss-reactive ketones (excluding diaryl/α,β-unsaturated/α-hetero) is 1. The van der Waals surface area contributed by atoms with Gasteiger partial charge >= 0.3 is 16.2 Å². The maximum atomic E-state index is 12.6. The van der Waals surface area contributed by atoms with E-state index in [2.05, 4.69) is 10.3 Å². The van der Waals surface area contributed by atoms with Crippen molar-refractivity contribution in [2.45, 2.75) is 26.9 Å². The Kier molecular flexibility index (Phi) is 5.24. The van der Waals surface area contributed by atoms with Crippen LogP contribution in [0.5, 0.6) is 0 Å². The number of rotatable bonds is 7. The maximum Gasteiger partial charge on any atom is 0.350 e. The number of hydrogen-bond acceptors (Lipinski definition) is 6. The third kappa shape index (κ3) is 3.55. The summed E-state index contributed by atoms with van der Waals surface area (Å²) in [5.74, 6) is -0.147. The summed E-state index contributed by atoms with van der Waals surface area (Å²) in [5.41, 5.74) is 0.825. The summed E-state index contributed by atoms with van der Waals surface area (Å²) in [6, 6.07) is 8.12. The van der Waals surface area contributed by atoms with Gasteiger partial charge in [-0.05, 0) is 13.8 Å². The lowest BCUT2D eigenvalue weighted by Gasteiger charge is -2.20. The van der Waals surface area contributed by atoms with E-state index in [0.717, 1.165) is 8.72 Å². The Morgan fingerprint density at radius 3 is 2.41 bits per heavy atom. The molecule has 2 heterocycles. The Balaban J connectivity index is 1.74. The minimum Gasteiger partial charge on any atom is -0.292 e. The molecule has 144 valence electrons. The molecule has 0 saturated carbocycles. The normalized spacial score (nSPS) is 16.9. The molecule has 0 spiro atoms. The summed E-state index contributed by atoms with van der Waals surface area (Å²) < 4.78 is 28.2. The van der Waals surface area contributed by atoms with Crippen LogP contribution in [-0.4, -0.2) is 62.0 Å². The number of carbonyl (C=O) groups excluding carboxylic acids is 2. The molecule has 0 radical (unpaired) electrons.